The Morgan fingerprint density at radius 2 is 2.12 bits per heavy atom. The Morgan fingerprint density at radius 3 is 2.84 bits per heavy atom. The molecule has 1 aromatic carbocycles. The van der Waals surface area contributed by atoms with Crippen LogP contribution in [0.25, 0.3) is 11.4 Å². The summed E-state index contributed by atoms with van der Waals surface area (Å²) in [4.78, 5) is 9.07. The van der Waals surface area contributed by atoms with Crippen LogP contribution < -0.4 is 5.32 Å². The summed E-state index contributed by atoms with van der Waals surface area (Å²) in [5.41, 5.74) is 4.05. The van der Waals surface area contributed by atoms with Crippen LogP contribution >= 0.6 is 0 Å². The van der Waals surface area contributed by atoms with E-state index in [0.29, 0.717) is 18.2 Å². The van der Waals surface area contributed by atoms with Crippen LogP contribution in [-0.4, -0.2) is 20.2 Å². The number of aromatic amines is 1. The number of benzene rings is 1. The smallest absolute Gasteiger partial charge is 0.161 e. The Kier molecular flexibility index (Phi) is 3.90. The molecule has 1 saturated carbocycles. The van der Waals surface area contributed by atoms with Crippen LogP contribution in [0.3, 0.4) is 0 Å². The molecule has 0 saturated heterocycles. The standard InChI is InChI=1S/C19H18N6.2H2/c1-12-11-21-19(15-4-2-13(3-5-15)8-9-20)23-18(12)22-17-10-16(24-25-17)14-6-7-14;;/h2-5,10-11,14H,6-8H2,1H3,(H2,21,22,23,24,25);2*1H. The molecule has 2 N–H and O–H groups in total. The normalized spacial score (nSPS) is 13.4. The second kappa shape index (κ2) is 6.36. The highest BCUT2D eigenvalue weighted by Gasteiger charge is 2.25. The van der Waals surface area contributed by atoms with Crippen molar-refractivity contribution >= 4 is 11.6 Å². The van der Waals surface area contributed by atoms with E-state index < -0.39 is 0 Å². The first-order valence-electron chi connectivity index (χ1n) is 8.35. The quantitative estimate of drug-likeness (QED) is 0.723. The van der Waals surface area contributed by atoms with Gasteiger partial charge in [0.05, 0.1) is 12.5 Å². The molecule has 3 aromatic rings. The van der Waals surface area contributed by atoms with Gasteiger partial charge in [0, 0.05) is 37.9 Å². The van der Waals surface area contributed by atoms with Gasteiger partial charge in [0.2, 0.25) is 0 Å². The van der Waals surface area contributed by atoms with Crippen molar-refractivity contribution in [1.82, 2.24) is 20.2 Å². The van der Waals surface area contributed by atoms with Crippen LogP contribution in [0.5, 0.6) is 0 Å². The van der Waals surface area contributed by atoms with Gasteiger partial charge >= 0.3 is 0 Å². The number of aromatic nitrogens is 4. The largest absolute Gasteiger partial charge is 0.323 e. The van der Waals surface area contributed by atoms with Crippen LogP contribution in [0.15, 0.2) is 36.5 Å². The molecule has 128 valence electrons. The Hall–Kier alpha value is -3.20. The number of hydrogen-bond acceptors (Lipinski definition) is 5. The lowest BCUT2D eigenvalue weighted by Gasteiger charge is -2.08. The third-order valence-corrected chi connectivity index (χ3v) is 4.33. The highest BCUT2D eigenvalue weighted by molar-refractivity contribution is 5.62. The van der Waals surface area contributed by atoms with Crippen LogP contribution in [0.1, 0.15) is 38.4 Å². The molecule has 2 heterocycles. The molecule has 4 rings (SSSR count). The van der Waals surface area contributed by atoms with E-state index in [0.717, 1.165) is 28.3 Å². The van der Waals surface area contributed by atoms with E-state index in [1.807, 2.05) is 37.4 Å². The molecule has 25 heavy (non-hydrogen) atoms. The molecule has 2 aromatic heterocycles. The van der Waals surface area contributed by atoms with Crippen molar-refractivity contribution in [3.8, 4) is 17.5 Å². The van der Waals surface area contributed by atoms with Gasteiger partial charge in [0.15, 0.2) is 11.6 Å². The van der Waals surface area contributed by atoms with Crippen LogP contribution in [-0.2, 0) is 6.42 Å². The number of nitrogens with one attached hydrogen (secondary N) is 2. The van der Waals surface area contributed by atoms with E-state index in [4.69, 9.17) is 5.26 Å². The van der Waals surface area contributed by atoms with Crippen molar-refractivity contribution in [2.24, 2.45) is 0 Å². The second-order valence-electron chi connectivity index (χ2n) is 6.36. The van der Waals surface area contributed by atoms with Crippen molar-refractivity contribution in [3.63, 3.8) is 0 Å². The third kappa shape index (κ3) is 3.36. The SMILES string of the molecule is Cc1cnc(-c2ccc(CC#N)cc2)nc1Nc1cc(C2CC2)[nH]n1.[HH].[HH]. The molecule has 6 heteroatoms. The Morgan fingerprint density at radius 1 is 1.32 bits per heavy atom. The number of anilines is 2. The van der Waals surface area contributed by atoms with Gasteiger partial charge in [-0.05, 0) is 25.3 Å². The molecule has 0 unspecified atom stereocenters. The third-order valence-electron chi connectivity index (χ3n) is 4.33. The zero-order chi connectivity index (χ0) is 17.2. The van der Waals surface area contributed by atoms with Crippen molar-refractivity contribution < 1.29 is 2.85 Å². The Bertz CT molecular complexity index is 942. The summed E-state index contributed by atoms with van der Waals surface area (Å²) in [6.45, 7) is 1.97. The fraction of sp³-hybridized carbons (Fsp3) is 0.263. The van der Waals surface area contributed by atoms with Gasteiger partial charge in [-0.15, -0.1) is 0 Å². The maximum Gasteiger partial charge on any atom is 0.161 e. The topological polar surface area (TPSA) is 90.3 Å². The number of aryl methyl sites for hydroxylation is 1. The maximum atomic E-state index is 8.76. The summed E-state index contributed by atoms with van der Waals surface area (Å²) < 4.78 is 0. The summed E-state index contributed by atoms with van der Waals surface area (Å²) >= 11 is 0. The van der Waals surface area contributed by atoms with E-state index in [-0.39, 0.29) is 2.85 Å². The maximum absolute atomic E-state index is 8.76. The molecule has 0 aliphatic heterocycles. The van der Waals surface area contributed by atoms with Gasteiger partial charge in [-0.25, -0.2) is 9.97 Å². The molecule has 1 aliphatic rings. The molecule has 1 aliphatic carbocycles. The highest BCUT2D eigenvalue weighted by atomic mass is 15.2. The second-order valence-corrected chi connectivity index (χ2v) is 6.36. The fourth-order valence-corrected chi connectivity index (χ4v) is 2.70. The van der Waals surface area contributed by atoms with Gasteiger partial charge in [0.1, 0.15) is 5.82 Å². The van der Waals surface area contributed by atoms with E-state index in [9.17, 15) is 0 Å². The summed E-state index contributed by atoms with van der Waals surface area (Å²) in [5, 5.41) is 19.5. The molecule has 0 amide bonds. The lowest BCUT2D eigenvalue weighted by molar-refractivity contribution is 0.966. The number of nitrogens with zero attached hydrogens (tertiary/aromatic N) is 4. The minimum Gasteiger partial charge on any atom is -0.323 e. The van der Waals surface area contributed by atoms with Gasteiger partial charge in [-0.3, -0.25) is 5.10 Å². The number of H-pyrrole nitrogens is 1. The van der Waals surface area contributed by atoms with E-state index in [1.165, 1.54) is 18.5 Å². The monoisotopic (exact) mass is 334 g/mol. The number of nitriles is 1. The van der Waals surface area contributed by atoms with Gasteiger partial charge in [-0.2, -0.15) is 10.4 Å². The van der Waals surface area contributed by atoms with Crippen molar-refractivity contribution in [3.05, 3.63) is 53.3 Å². The van der Waals surface area contributed by atoms with Crippen molar-refractivity contribution in [2.75, 3.05) is 5.32 Å². The van der Waals surface area contributed by atoms with E-state index in [2.05, 4.69) is 37.6 Å². The van der Waals surface area contributed by atoms with Gasteiger partial charge < -0.3 is 5.32 Å². The summed E-state index contributed by atoms with van der Waals surface area (Å²) in [5.74, 6) is 2.81. The predicted molar refractivity (Wildman–Crippen MR) is 99.6 cm³/mol. The highest BCUT2D eigenvalue weighted by Crippen LogP contribution is 2.39. The molecule has 0 bridgehead atoms. The zero-order valence-corrected chi connectivity index (χ0v) is 14.0. The summed E-state index contributed by atoms with van der Waals surface area (Å²) in [6, 6.07) is 12.0. The first-order valence-corrected chi connectivity index (χ1v) is 8.35. The zero-order valence-electron chi connectivity index (χ0n) is 14.0. The Labute approximate surface area is 148 Å². The number of hydrogen-bond donors (Lipinski definition) is 2. The molecular weight excluding hydrogens is 312 g/mol. The lowest BCUT2D eigenvalue weighted by atomic mass is 10.1. The first-order chi connectivity index (χ1) is 12.2. The van der Waals surface area contributed by atoms with Gasteiger partial charge in [0.25, 0.3) is 0 Å². The Balaban J connectivity index is 0.00000131. The van der Waals surface area contributed by atoms with E-state index in [1.54, 1.807) is 0 Å². The minimum atomic E-state index is 0. The van der Waals surface area contributed by atoms with E-state index >= 15 is 0 Å². The lowest BCUT2D eigenvalue weighted by Crippen LogP contribution is -2.00. The van der Waals surface area contributed by atoms with Crippen LogP contribution in [0, 0.1) is 18.3 Å². The molecule has 0 radical (unpaired) electrons. The average molecular weight is 334 g/mol. The molecule has 6 nitrogen and oxygen atoms in total. The van der Waals surface area contributed by atoms with Gasteiger partial charge in [-0.1, -0.05) is 24.3 Å². The molecule has 0 spiro atoms. The fourth-order valence-electron chi connectivity index (χ4n) is 2.70. The summed E-state index contributed by atoms with van der Waals surface area (Å²) in [6.07, 6.45) is 4.69. The van der Waals surface area contributed by atoms with Crippen LogP contribution in [0.2, 0.25) is 0 Å². The van der Waals surface area contributed by atoms with Crippen LogP contribution in [0.4, 0.5) is 11.6 Å². The van der Waals surface area contributed by atoms with Crippen molar-refractivity contribution in [2.45, 2.75) is 32.1 Å². The number of rotatable bonds is 5. The first kappa shape index (κ1) is 15.3. The van der Waals surface area contributed by atoms with Crippen molar-refractivity contribution in [1.29, 1.82) is 5.26 Å². The average Bonchev–Trinajstić information content (AvgIpc) is 3.37. The predicted octanol–water partition coefficient (Wildman–Crippen LogP) is 4.35. The summed E-state index contributed by atoms with van der Waals surface area (Å²) in [7, 11) is 0. The minimum absolute atomic E-state index is 0. The molecule has 1 fully saturated rings. The molecule has 0 atom stereocenters. The molecular formula is C19H22N6.